The van der Waals surface area contributed by atoms with Gasteiger partial charge < -0.3 is 10.1 Å². The minimum absolute atomic E-state index is 0.431. The van der Waals surface area contributed by atoms with E-state index in [9.17, 15) is 0 Å². The first kappa shape index (κ1) is 13.9. The second-order valence-electron chi connectivity index (χ2n) is 6.57. The van der Waals surface area contributed by atoms with E-state index in [4.69, 9.17) is 4.74 Å². The highest BCUT2D eigenvalue weighted by molar-refractivity contribution is 5.43. The SMILES string of the molecule is CNC1CCCc2c(OC3CCCC(C)C3)cccc21. The van der Waals surface area contributed by atoms with Crippen LogP contribution in [0.4, 0.5) is 0 Å². The van der Waals surface area contributed by atoms with Gasteiger partial charge >= 0.3 is 0 Å². The Labute approximate surface area is 122 Å². The van der Waals surface area contributed by atoms with Crippen molar-refractivity contribution in [3.05, 3.63) is 29.3 Å². The molecule has 0 aromatic heterocycles. The first-order valence-corrected chi connectivity index (χ1v) is 8.23. The highest BCUT2D eigenvalue weighted by Crippen LogP contribution is 2.37. The van der Waals surface area contributed by atoms with Gasteiger partial charge in [0.1, 0.15) is 5.75 Å². The van der Waals surface area contributed by atoms with Crippen molar-refractivity contribution in [2.24, 2.45) is 5.92 Å². The van der Waals surface area contributed by atoms with Crippen LogP contribution in [0, 0.1) is 5.92 Å². The zero-order valence-electron chi connectivity index (χ0n) is 12.8. The average Bonchev–Trinajstić information content (AvgIpc) is 2.47. The van der Waals surface area contributed by atoms with Crippen molar-refractivity contribution in [1.82, 2.24) is 5.32 Å². The van der Waals surface area contributed by atoms with Crippen LogP contribution in [0.25, 0.3) is 0 Å². The standard InChI is InChI=1S/C18H27NO/c1-13-6-3-7-14(12-13)20-18-11-5-8-15-16(18)9-4-10-17(15)19-2/h5,8,11,13-14,17,19H,3-4,6-7,9-10,12H2,1-2H3. The second kappa shape index (κ2) is 6.17. The molecule has 3 atom stereocenters. The minimum atomic E-state index is 0.431. The Morgan fingerprint density at radius 2 is 2.05 bits per heavy atom. The minimum Gasteiger partial charge on any atom is -0.490 e. The van der Waals surface area contributed by atoms with Gasteiger partial charge in [0.05, 0.1) is 6.10 Å². The van der Waals surface area contributed by atoms with Crippen molar-refractivity contribution < 1.29 is 4.74 Å². The monoisotopic (exact) mass is 273 g/mol. The number of fused-ring (bicyclic) bond motifs is 1. The van der Waals surface area contributed by atoms with Gasteiger partial charge in [-0.15, -0.1) is 0 Å². The van der Waals surface area contributed by atoms with Crippen LogP contribution in [0.2, 0.25) is 0 Å². The molecule has 3 rings (SSSR count). The van der Waals surface area contributed by atoms with Gasteiger partial charge in [-0.25, -0.2) is 0 Å². The van der Waals surface area contributed by atoms with Gasteiger partial charge in [0.2, 0.25) is 0 Å². The van der Waals surface area contributed by atoms with Crippen molar-refractivity contribution in [2.75, 3.05) is 7.05 Å². The fourth-order valence-electron chi connectivity index (χ4n) is 3.89. The summed E-state index contributed by atoms with van der Waals surface area (Å²) in [7, 11) is 2.07. The summed E-state index contributed by atoms with van der Waals surface area (Å²) in [4.78, 5) is 0. The summed E-state index contributed by atoms with van der Waals surface area (Å²) in [6.07, 6.45) is 9.25. The summed E-state index contributed by atoms with van der Waals surface area (Å²) in [5, 5.41) is 3.44. The van der Waals surface area contributed by atoms with Gasteiger partial charge in [-0.2, -0.15) is 0 Å². The van der Waals surface area contributed by atoms with E-state index in [1.807, 2.05) is 0 Å². The maximum absolute atomic E-state index is 6.39. The Morgan fingerprint density at radius 3 is 2.85 bits per heavy atom. The quantitative estimate of drug-likeness (QED) is 0.889. The Balaban J connectivity index is 1.80. The van der Waals surface area contributed by atoms with Crippen LogP contribution >= 0.6 is 0 Å². The molecule has 20 heavy (non-hydrogen) atoms. The lowest BCUT2D eigenvalue weighted by Gasteiger charge is -2.31. The molecule has 0 spiro atoms. The third-order valence-electron chi connectivity index (χ3n) is 4.99. The van der Waals surface area contributed by atoms with Gasteiger partial charge in [0.15, 0.2) is 0 Å². The molecule has 1 saturated carbocycles. The zero-order valence-corrected chi connectivity index (χ0v) is 12.8. The first-order chi connectivity index (χ1) is 9.78. The van der Waals surface area contributed by atoms with Crippen molar-refractivity contribution in [2.45, 2.75) is 64.0 Å². The average molecular weight is 273 g/mol. The molecule has 0 radical (unpaired) electrons. The van der Waals surface area contributed by atoms with Gasteiger partial charge in [-0.1, -0.05) is 25.5 Å². The maximum Gasteiger partial charge on any atom is 0.123 e. The molecular weight excluding hydrogens is 246 g/mol. The van der Waals surface area contributed by atoms with E-state index in [0.29, 0.717) is 12.1 Å². The van der Waals surface area contributed by atoms with E-state index < -0.39 is 0 Å². The van der Waals surface area contributed by atoms with Gasteiger partial charge in [-0.3, -0.25) is 0 Å². The van der Waals surface area contributed by atoms with Gasteiger partial charge in [-0.05, 0) is 68.7 Å². The van der Waals surface area contributed by atoms with Crippen LogP contribution in [0.1, 0.15) is 62.6 Å². The predicted octanol–water partition coefficient (Wildman–Crippen LogP) is 4.24. The van der Waals surface area contributed by atoms with Crippen LogP contribution in [0.5, 0.6) is 5.75 Å². The van der Waals surface area contributed by atoms with E-state index >= 15 is 0 Å². The highest BCUT2D eigenvalue weighted by atomic mass is 16.5. The summed E-state index contributed by atoms with van der Waals surface area (Å²) in [5.74, 6) is 1.97. The van der Waals surface area contributed by atoms with Crippen molar-refractivity contribution in [3.8, 4) is 5.75 Å². The molecule has 3 unspecified atom stereocenters. The van der Waals surface area contributed by atoms with E-state index in [-0.39, 0.29) is 0 Å². The summed E-state index contributed by atoms with van der Waals surface area (Å²) in [6, 6.07) is 7.12. The molecule has 0 amide bonds. The van der Waals surface area contributed by atoms with E-state index in [1.54, 1.807) is 0 Å². The number of rotatable bonds is 3. The number of hydrogen-bond acceptors (Lipinski definition) is 2. The van der Waals surface area contributed by atoms with Crippen LogP contribution < -0.4 is 10.1 Å². The fourth-order valence-corrected chi connectivity index (χ4v) is 3.89. The molecule has 2 heteroatoms. The number of nitrogens with one attached hydrogen (secondary N) is 1. The summed E-state index contributed by atoms with van der Waals surface area (Å²) >= 11 is 0. The molecule has 2 nitrogen and oxygen atoms in total. The van der Waals surface area contributed by atoms with Crippen LogP contribution in [0.15, 0.2) is 18.2 Å². The lowest BCUT2D eigenvalue weighted by Crippen LogP contribution is -2.26. The third-order valence-corrected chi connectivity index (χ3v) is 4.99. The lowest BCUT2D eigenvalue weighted by atomic mass is 9.86. The van der Waals surface area contributed by atoms with Gasteiger partial charge in [0, 0.05) is 6.04 Å². The topological polar surface area (TPSA) is 21.3 Å². The fraction of sp³-hybridized carbons (Fsp3) is 0.667. The molecule has 0 saturated heterocycles. The van der Waals surface area contributed by atoms with E-state index in [0.717, 1.165) is 11.7 Å². The molecule has 0 aliphatic heterocycles. The highest BCUT2D eigenvalue weighted by Gasteiger charge is 2.25. The van der Waals surface area contributed by atoms with Crippen molar-refractivity contribution in [3.63, 3.8) is 0 Å². The van der Waals surface area contributed by atoms with Crippen molar-refractivity contribution >= 4 is 0 Å². The lowest BCUT2D eigenvalue weighted by molar-refractivity contribution is 0.127. The molecule has 2 aliphatic carbocycles. The Kier molecular flexibility index (Phi) is 4.30. The third kappa shape index (κ3) is 2.85. The molecule has 110 valence electrons. The molecule has 1 fully saturated rings. The smallest absolute Gasteiger partial charge is 0.123 e. The molecule has 1 aromatic carbocycles. The molecule has 0 bridgehead atoms. The largest absolute Gasteiger partial charge is 0.490 e. The normalized spacial score (nSPS) is 29.8. The van der Waals surface area contributed by atoms with Crippen molar-refractivity contribution in [1.29, 1.82) is 0 Å². The molecule has 2 aliphatic rings. The summed E-state index contributed by atoms with van der Waals surface area (Å²) in [5.41, 5.74) is 2.91. The molecule has 1 N–H and O–H groups in total. The number of ether oxygens (including phenoxy) is 1. The number of benzene rings is 1. The summed E-state index contributed by atoms with van der Waals surface area (Å²) < 4.78 is 6.39. The zero-order chi connectivity index (χ0) is 13.9. The van der Waals surface area contributed by atoms with Crippen LogP contribution in [0.3, 0.4) is 0 Å². The van der Waals surface area contributed by atoms with Gasteiger partial charge in [0.25, 0.3) is 0 Å². The molecule has 1 aromatic rings. The van der Waals surface area contributed by atoms with E-state index in [2.05, 4.69) is 37.5 Å². The Bertz CT molecular complexity index is 457. The molecular formula is C18H27NO. The van der Waals surface area contributed by atoms with E-state index in [1.165, 1.54) is 56.1 Å². The molecule has 0 heterocycles. The number of hydrogen-bond donors (Lipinski definition) is 1. The maximum atomic E-state index is 6.39. The second-order valence-corrected chi connectivity index (χ2v) is 6.57. The summed E-state index contributed by atoms with van der Waals surface area (Å²) in [6.45, 7) is 2.35. The first-order valence-electron chi connectivity index (χ1n) is 8.23. The van der Waals surface area contributed by atoms with Crippen LogP contribution in [-0.4, -0.2) is 13.2 Å². The van der Waals surface area contributed by atoms with Crippen LogP contribution in [-0.2, 0) is 6.42 Å². The predicted molar refractivity (Wildman–Crippen MR) is 83.2 cm³/mol. The Hall–Kier alpha value is -1.02. The Morgan fingerprint density at radius 1 is 1.15 bits per heavy atom.